The van der Waals surface area contributed by atoms with Crippen molar-refractivity contribution < 1.29 is 38.6 Å². The maximum absolute atomic E-state index is 13.8. The van der Waals surface area contributed by atoms with Gasteiger partial charge in [-0.15, -0.1) is 0 Å². The highest BCUT2D eigenvalue weighted by Gasteiger charge is 2.37. The number of para-hydroxylation sites is 1. The van der Waals surface area contributed by atoms with Crippen LogP contribution in [0.2, 0.25) is 0 Å². The average molecular weight is 700 g/mol. The van der Waals surface area contributed by atoms with Gasteiger partial charge in [0.2, 0.25) is 17.7 Å². The van der Waals surface area contributed by atoms with Gasteiger partial charge in [-0.25, -0.2) is 0 Å². The van der Waals surface area contributed by atoms with Crippen LogP contribution in [-0.4, -0.2) is 66.3 Å². The van der Waals surface area contributed by atoms with Gasteiger partial charge in [-0.05, 0) is 87.1 Å². The maximum atomic E-state index is 13.8. The fourth-order valence-electron chi connectivity index (χ4n) is 6.28. The largest absolute Gasteiger partial charge is 0.493 e. The van der Waals surface area contributed by atoms with Gasteiger partial charge in [0.05, 0.1) is 31.0 Å². The first-order chi connectivity index (χ1) is 24.5. The van der Waals surface area contributed by atoms with Crippen LogP contribution in [0.25, 0.3) is 0 Å². The fraction of sp³-hybridized carbons (Fsp3) is 0.395. The molecule has 270 valence electrons. The number of fused-ring (bicyclic) bond motifs is 4. The number of carbonyl (C=O) groups excluding carboxylic acids is 5. The molecule has 3 atom stereocenters. The Morgan fingerprint density at radius 2 is 1.67 bits per heavy atom. The Kier molecular flexibility index (Phi) is 11.9. The maximum Gasteiger partial charge on any atom is 0.260 e. The Morgan fingerprint density at radius 3 is 2.41 bits per heavy atom. The number of benzene rings is 3. The Balaban J connectivity index is 1.20. The molecule has 13 nitrogen and oxygen atoms in total. The number of amides is 4. The van der Waals surface area contributed by atoms with Crippen LogP contribution >= 0.6 is 0 Å². The van der Waals surface area contributed by atoms with Gasteiger partial charge in [0.25, 0.3) is 5.91 Å². The summed E-state index contributed by atoms with van der Waals surface area (Å²) in [6.07, 6.45) is 2.50. The van der Waals surface area contributed by atoms with E-state index in [1.807, 2.05) is 29.2 Å². The van der Waals surface area contributed by atoms with E-state index >= 15 is 0 Å². The molecule has 0 saturated carbocycles. The number of carbonyl (C=O) groups is 5. The molecule has 2 aliphatic rings. The number of aliphatic hydroxyl groups excluding tert-OH is 1. The molecule has 2 aliphatic heterocycles. The summed E-state index contributed by atoms with van der Waals surface area (Å²) in [5.74, 6) is -0.601. The van der Waals surface area contributed by atoms with Crippen LogP contribution in [0.15, 0.2) is 54.6 Å². The second-order valence-electron chi connectivity index (χ2n) is 13.0. The topological polar surface area (TPSA) is 175 Å². The van der Waals surface area contributed by atoms with E-state index in [0.717, 1.165) is 17.7 Å². The van der Waals surface area contributed by atoms with Crippen molar-refractivity contribution in [3.63, 3.8) is 0 Å². The Morgan fingerprint density at radius 1 is 0.941 bits per heavy atom. The number of aliphatic hydroxyl groups is 1. The molecular formula is C38H45N5O8. The zero-order valence-electron chi connectivity index (χ0n) is 29.3. The third-order valence-electron chi connectivity index (χ3n) is 8.96. The number of nitrogens with zero attached hydrogens (tertiary/aromatic N) is 1. The quantitative estimate of drug-likeness (QED) is 0.148. The van der Waals surface area contributed by atoms with E-state index in [1.165, 1.54) is 27.9 Å². The fourth-order valence-corrected chi connectivity index (χ4v) is 6.28. The highest BCUT2D eigenvalue weighted by Crippen LogP contribution is 2.40. The minimum atomic E-state index is -0.937. The summed E-state index contributed by atoms with van der Waals surface area (Å²) in [5.41, 5.74) is 4.73. The van der Waals surface area contributed by atoms with E-state index < -0.39 is 23.9 Å². The summed E-state index contributed by atoms with van der Waals surface area (Å²) in [4.78, 5) is 64.6. The molecule has 5 rings (SSSR count). The predicted molar refractivity (Wildman–Crippen MR) is 192 cm³/mol. The van der Waals surface area contributed by atoms with Gasteiger partial charge in [-0.3, -0.25) is 19.2 Å². The van der Waals surface area contributed by atoms with Crippen molar-refractivity contribution in [3.8, 4) is 11.5 Å². The van der Waals surface area contributed by atoms with E-state index in [9.17, 15) is 29.1 Å². The summed E-state index contributed by atoms with van der Waals surface area (Å²) in [7, 11) is 1.50. The lowest BCUT2D eigenvalue weighted by Crippen LogP contribution is -2.50. The van der Waals surface area contributed by atoms with Crippen molar-refractivity contribution in [1.82, 2.24) is 10.6 Å². The van der Waals surface area contributed by atoms with Crippen LogP contribution in [0.5, 0.6) is 11.5 Å². The van der Waals surface area contributed by atoms with Crippen LogP contribution in [0.1, 0.15) is 73.5 Å². The minimum Gasteiger partial charge on any atom is -0.493 e. The molecule has 13 heteroatoms. The first-order valence-electron chi connectivity index (χ1n) is 17.1. The number of nitrogens with one attached hydrogen (secondary N) is 4. The van der Waals surface area contributed by atoms with E-state index in [-0.39, 0.29) is 43.3 Å². The Hall–Kier alpha value is -5.43. The van der Waals surface area contributed by atoms with E-state index in [1.54, 1.807) is 30.3 Å². The molecule has 5 N–H and O–H groups in total. The van der Waals surface area contributed by atoms with Crippen molar-refractivity contribution in [2.45, 2.75) is 84.2 Å². The number of ketones is 1. The molecule has 0 bridgehead atoms. The number of Topliss-reactive ketones (excluding diaryl/α,β-unsaturated/α-hetero) is 1. The van der Waals surface area contributed by atoms with E-state index in [2.05, 4.69) is 21.3 Å². The molecule has 0 aromatic heterocycles. The molecule has 3 aromatic rings. The van der Waals surface area contributed by atoms with Crippen LogP contribution in [-0.2, 0) is 38.8 Å². The van der Waals surface area contributed by atoms with Crippen molar-refractivity contribution in [3.05, 3.63) is 76.9 Å². The highest BCUT2D eigenvalue weighted by molar-refractivity contribution is 6.12. The molecular weight excluding hydrogens is 654 g/mol. The molecule has 0 radical (unpaired) electrons. The number of hydrogen-bond acceptors (Lipinski definition) is 9. The van der Waals surface area contributed by atoms with Gasteiger partial charge in [-0.1, -0.05) is 18.2 Å². The van der Waals surface area contributed by atoms with Gasteiger partial charge >= 0.3 is 0 Å². The summed E-state index contributed by atoms with van der Waals surface area (Å²) >= 11 is 0. The van der Waals surface area contributed by atoms with Crippen molar-refractivity contribution in [2.24, 2.45) is 0 Å². The normalized spacial score (nSPS) is 15.6. The first-order valence-corrected chi connectivity index (χ1v) is 17.1. The number of rotatable bonds is 15. The minimum absolute atomic E-state index is 0.0205. The Labute approximate surface area is 297 Å². The van der Waals surface area contributed by atoms with E-state index in [0.29, 0.717) is 65.4 Å². The second kappa shape index (κ2) is 16.5. The summed E-state index contributed by atoms with van der Waals surface area (Å²) in [6, 6.07) is 14.6. The molecule has 4 amide bonds. The third-order valence-corrected chi connectivity index (χ3v) is 8.96. The third kappa shape index (κ3) is 9.03. The SMILES string of the molecule is COc1cc2c(cc1OCc1cc(CO)cc(NC(=O)C(C)NC(=O)C(C)NC(=O)CCCCC(C)=O)c1)NC[C@@H]1Cc3ccccc3N1C2=O. The first kappa shape index (κ1) is 36.8. The smallest absolute Gasteiger partial charge is 0.260 e. The lowest BCUT2D eigenvalue weighted by Gasteiger charge is -2.22. The molecule has 2 heterocycles. The summed E-state index contributed by atoms with van der Waals surface area (Å²) in [6.45, 7) is 4.89. The lowest BCUT2D eigenvalue weighted by molar-refractivity contribution is -0.130. The van der Waals surface area contributed by atoms with Gasteiger partial charge < -0.3 is 45.5 Å². The summed E-state index contributed by atoms with van der Waals surface area (Å²) in [5, 5.41) is 21.3. The van der Waals surface area contributed by atoms with Crippen molar-refractivity contribution in [1.29, 1.82) is 0 Å². The predicted octanol–water partition coefficient (Wildman–Crippen LogP) is 3.86. The van der Waals surface area contributed by atoms with Gasteiger partial charge in [0.1, 0.15) is 24.5 Å². The number of methoxy groups -OCH3 is 1. The monoisotopic (exact) mass is 699 g/mol. The standard InChI is InChI=1S/C38H45N5O8/c1-22(45)9-5-8-12-35(46)40-23(2)36(47)41-24(3)37(48)42-28-14-25(20-44)13-26(15-28)21-51-34-18-31-30(17-33(34)50-4)38(49)43-29(19-39-31)16-27-10-6-7-11-32(27)43/h6-7,10-11,13-15,17-18,23-24,29,39,44H,5,8-9,12,16,19-21H2,1-4H3,(H,40,46)(H,41,47)(H,42,48)/t23?,24?,29-/m0/s1. The highest BCUT2D eigenvalue weighted by atomic mass is 16.5. The van der Waals surface area contributed by atoms with Gasteiger partial charge in [0.15, 0.2) is 11.5 Å². The zero-order chi connectivity index (χ0) is 36.7. The molecule has 2 unspecified atom stereocenters. The molecule has 0 saturated heterocycles. The second-order valence-corrected chi connectivity index (χ2v) is 13.0. The van der Waals surface area contributed by atoms with Gasteiger partial charge in [0, 0.05) is 36.8 Å². The van der Waals surface area contributed by atoms with Crippen LogP contribution in [0.4, 0.5) is 17.1 Å². The molecule has 51 heavy (non-hydrogen) atoms. The number of unbranched alkanes of at least 4 members (excludes halogenated alkanes) is 1. The Bertz CT molecular complexity index is 1810. The number of hydrogen-bond donors (Lipinski definition) is 5. The van der Waals surface area contributed by atoms with E-state index in [4.69, 9.17) is 9.47 Å². The van der Waals surface area contributed by atoms with Crippen LogP contribution in [0, 0.1) is 0 Å². The molecule has 0 fully saturated rings. The number of ether oxygens (including phenoxy) is 2. The average Bonchev–Trinajstić information content (AvgIpc) is 3.43. The van der Waals surface area contributed by atoms with Crippen molar-refractivity contribution in [2.75, 3.05) is 29.2 Å². The number of anilines is 3. The zero-order valence-corrected chi connectivity index (χ0v) is 29.3. The summed E-state index contributed by atoms with van der Waals surface area (Å²) < 4.78 is 11.8. The van der Waals surface area contributed by atoms with Crippen LogP contribution < -0.4 is 35.6 Å². The van der Waals surface area contributed by atoms with Crippen molar-refractivity contribution >= 4 is 46.5 Å². The molecule has 3 aromatic carbocycles. The van der Waals surface area contributed by atoms with Gasteiger partial charge in [-0.2, -0.15) is 0 Å². The van der Waals surface area contributed by atoms with Crippen LogP contribution in [0.3, 0.4) is 0 Å². The lowest BCUT2D eigenvalue weighted by atomic mass is 10.1. The molecule has 0 aliphatic carbocycles. The molecule has 0 spiro atoms.